The van der Waals surface area contributed by atoms with Gasteiger partial charge < -0.3 is 5.32 Å². The molecular formula is C17H25FN2. The molecule has 0 bridgehead atoms. The Bertz CT molecular complexity index is 468. The number of hydrogen-bond donors (Lipinski definition) is 1. The zero-order valence-electron chi connectivity index (χ0n) is 12.6. The molecule has 0 atom stereocenters. The third-order valence-corrected chi connectivity index (χ3v) is 3.67. The van der Waals surface area contributed by atoms with Crippen molar-refractivity contribution >= 4 is 0 Å². The van der Waals surface area contributed by atoms with Crippen LogP contribution in [-0.4, -0.2) is 24.5 Å². The van der Waals surface area contributed by atoms with Crippen LogP contribution in [0.25, 0.3) is 0 Å². The van der Waals surface area contributed by atoms with Crippen LogP contribution in [0, 0.1) is 5.82 Å². The molecule has 1 aromatic rings. The summed E-state index contributed by atoms with van der Waals surface area (Å²) in [7, 11) is 0. The van der Waals surface area contributed by atoms with Crippen molar-refractivity contribution in [2.45, 2.75) is 39.8 Å². The lowest BCUT2D eigenvalue weighted by molar-refractivity contribution is 0.278. The van der Waals surface area contributed by atoms with Crippen molar-refractivity contribution in [1.29, 1.82) is 0 Å². The molecule has 0 radical (unpaired) electrons. The van der Waals surface area contributed by atoms with Gasteiger partial charge in [0.15, 0.2) is 0 Å². The van der Waals surface area contributed by atoms with Gasteiger partial charge in [0, 0.05) is 31.7 Å². The zero-order valence-corrected chi connectivity index (χ0v) is 12.6. The van der Waals surface area contributed by atoms with Gasteiger partial charge in [-0.3, -0.25) is 4.90 Å². The fourth-order valence-electron chi connectivity index (χ4n) is 2.63. The molecular weight excluding hydrogens is 251 g/mol. The second-order valence-corrected chi connectivity index (χ2v) is 5.65. The average molecular weight is 276 g/mol. The van der Waals surface area contributed by atoms with E-state index in [-0.39, 0.29) is 5.82 Å². The molecule has 2 nitrogen and oxygen atoms in total. The molecule has 0 aliphatic carbocycles. The quantitative estimate of drug-likeness (QED) is 0.632. The molecule has 1 aliphatic rings. The molecule has 1 N–H and O–H groups in total. The van der Waals surface area contributed by atoms with Crippen LogP contribution in [-0.2, 0) is 13.1 Å². The topological polar surface area (TPSA) is 15.3 Å². The molecule has 0 spiro atoms. The first-order valence-electron chi connectivity index (χ1n) is 7.55. The van der Waals surface area contributed by atoms with E-state index in [1.807, 2.05) is 12.1 Å². The smallest absolute Gasteiger partial charge is 0.127 e. The van der Waals surface area contributed by atoms with Gasteiger partial charge in [0.2, 0.25) is 0 Å². The minimum atomic E-state index is -0.0866. The van der Waals surface area contributed by atoms with Crippen LogP contribution in [0.2, 0.25) is 0 Å². The lowest BCUT2D eigenvalue weighted by Gasteiger charge is -2.26. The highest BCUT2D eigenvalue weighted by atomic mass is 19.1. The van der Waals surface area contributed by atoms with E-state index < -0.39 is 0 Å². The number of hydrogen-bond acceptors (Lipinski definition) is 2. The van der Waals surface area contributed by atoms with Gasteiger partial charge in [0.1, 0.15) is 5.82 Å². The summed E-state index contributed by atoms with van der Waals surface area (Å²) in [5.41, 5.74) is 3.37. The maximum atomic E-state index is 13.9. The molecule has 0 amide bonds. The second kappa shape index (κ2) is 7.55. The Kier molecular flexibility index (Phi) is 5.74. The van der Waals surface area contributed by atoms with E-state index in [2.05, 4.69) is 30.1 Å². The number of halogens is 1. The lowest BCUT2D eigenvalue weighted by Crippen LogP contribution is -2.29. The third kappa shape index (κ3) is 4.43. The maximum Gasteiger partial charge on any atom is 0.127 e. The number of benzene rings is 1. The molecule has 1 aliphatic heterocycles. The van der Waals surface area contributed by atoms with Crippen LogP contribution in [0.1, 0.15) is 37.8 Å². The van der Waals surface area contributed by atoms with Crippen LogP contribution in [0.4, 0.5) is 4.39 Å². The van der Waals surface area contributed by atoms with E-state index >= 15 is 0 Å². The Morgan fingerprint density at radius 2 is 2.20 bits per heavy atom. The van der Waals surface area contributed by atoms with Crippen molar-refractivity contribution in [2.24, 2.45) is 0 Å². The first kappa shape index (κ1) is 15.2. The van der Waals surface area contributed by atoms with Crippen LogP contribution < -0.4 is 5.32 Å². The van der Waals surface area contributed by atoms with Crippen LogP contribution in [0.3, 0.4) is 0 Å². The lowest BCUT2D eigenvalue weighted by atomic mass is 10.1. The molecule has 1 heterocycles. The van der Waals surface area contributed by atoms with Gasteiger partial charge in [-0.2, -0.15) is 0 Å². The summed E-state index contributed by atoms with van der Waals surface area (Å²) in [5.74, 6) is -0.0866. The van der Waals surface area contributed by atoms with Gasteiger partial charge in [-0.05, 0) is 37.9 Å². The standard InChI is InChI=1S/C17H25FN2/c1-3-8-19-11-15-6-7-17(18)16(10-15)13-20-9-4-5-14(2)12-20/h5-7,10,19H,3-4,8-9,11-13H2,1-2H3. The second-order valence-electron chi connectivity index (χ2n) is 5.65. The van der Waals surface area contributed by atoms with Crippen molar-refractivity contribution in [3.63, 3.8) is 0 Å². The highest BCUT2D eigenvalue weighted by molar-refractivity contribution is 5.25. The van der Waals surface area contributed by atoms with Crippen LogP contribution in [0.5, 0.6) is 0 Å². The van der Waals surface area contributed by atoms with Crippen molar-refractivity contribution < 1.29 is 4.39 Å². The van der Waals surface area contributed by atoms with E-state index in [1.54, 1.807) is 6.07 Å². The predicted octanol–water partition coefficient (Wildman–Crippen LogP) is 3.48. The highest BCUT2D eigenvalue weighted by Crippen LogP contribution is 2.17. The van der Waals surface area contributed by atoms with Gasteiger partial charge in [-0.15, -0.1) is 0 Å². The average Bonchev–Trinajstić information content (AvgIpc) is 2.43. The molecule has 0 aromatic heterocycles. The molecule has 0 unspecified atom stereocenters. The number of nitrogens with one attached hydrogen (secondary N) is 1. The maximum absolute atomic E-state index is 13.9. The third-order valence-electron chi connectivity index (χ3n) is 3.67. The Hall–Kier alpha value is -1.19. The molecule has 110 valence electrons. The molecule has 0 saturated carbocycles. The van der Waals surface area contributed by atoms with E-state index in [4.69, 9.17) is 0 Å². The van der Waals surface area contributed by atoms with Crippen molar-refractivity contribution in [1.82, 2.24) is 10.2 Å². The highest BCUT2D eigenvalue weighted by Gasteiger charge is 2.13. The number of nitrogens with zero attached hydrogens (tertiary/aromatic N) is 1. The van der Waals surface area contributed by atoms with E-state index in [0.29, 0.717) is 6.54 Å². The zero-order chi connectivity index (χ0) is 14.4. The van der Waals surface area contributed by atoms with Gasteiger partial charge in [-0.1, -0.05) is 30.7 Å². The van der Waals surface area contributed by atoms with Gasteiger partial charge >= 0.3 is 0 Å². The fourth-order valence-corrected chi connectivity index (χ4v) is 2.63. The summed E-state index contributed by atoms with van der Waals surface area (Å²) in [6.45, 7) is 8.80. The monoisotopic (exact) mass is 276 g/mol. The van der Waals surface area contributed by atoms with Crippen molar-refractivity contribution in [3.8, 4) is 0 Å². The summed E-state index contributed by atoms with van der Waals surface area (Å²) in [4.78, 5) is 2.32. The first-order valence-corrected chi connectivity index (χ1v) is 7.55. The summed E-state index contributed by atoms with van der Waals surface area (Å²) in [5, 5.41) is 3.36. The SMILES string of the molecule is CCCNCc1ccc(F)c(CN2CCC=C(C)C2)c1. The van der Waals surface area contributed by atoms with Crippen LogP contribution >= 0.6 is 0 Å². The van der Waals surface area contributed by atoms with Crippen molar-refractivity contribution in [2.75, 3.05) is 19.6 Å². The molecule has 2 rings (SSSR count). The van der Waals surface area contributed by atoms with Gasteiger partial charge in [0.25, 0.3) is 0 Å². The normalized spacial score (nSPS) is 16.2. The number of rotatable bonds is 6. The summed E-state index contributed by atoms with van der Waals surface area (Å²) in [6, 6.07) is 5.49. The fraction of sp³-hybridized carbons (Fsp3) is 0.529. The Morgan fingerprint density at radius 3 is 2.95 bits per heavy atom. The largest absolute Gasteiger partial charge is 0.313 e. The summed E-state index contributed by atoms with van der Waals surface area (Å²) >= 11 is 0. The minimum Gasteiger partial charge on any atom is -0.313 e. The Morgan fingerprint density at radius 1 is 1.35 bits per heavy atom. The molecule has 3 heteroatoms. The van der Waals surface area contributed by atoms with Crippen LogP contribution in [0.15, 0.2) is 29.8 Å². The summed E-state index contributed by atoms with van der Waals surface area (Å²) < 4.78 is 13.9. The molecule has 1 aromatic carbocycles. The van der Waals surface area contributed by atoms with Gasteiger partial charge in [-0.25, -0.2) is 4.39 Å². The molecule has 0 saturated heterocycles. The van der Waals surface area contributed by atoms with E-state index in [0.717, 1.165) is 44.6 Å². The summed E-state index contributed by atoms with van der Waals surface area (Å²) in [6.07, 6.45) is 4.47. The Labute approximate surface area is 121 Å². The molecule has 0 fully saturated rings. The van der Waals surface area contributed by atoms with E-state index in [1.165, 1.54) is 11.1 Å². The molecule has 20 heavy (non-hydrogen) atoms. The predicted molar refractivity (Wildman–Crippen MR) is 82.0 cm³/mol. The minimum absolute atomic E-state index is 0.0866. The van der Waals surface area contributed by atoms with E-state index in [9.17, 15) is 4.39 Å². The first-order chi connectivity index (χ1) is 9.69. The van der Waals surface area contributed by atoms with Crippen molar-refractivity contribution in [3.05, 3.63) is 46.8 Å². The Balaban J connectivity index is 1.99. The van der Waals surface area contributed by atoms with Gasteiger partial charge in [0.05, 0.1) is 0 Å².